The minimum Gasteiger partial charge on any atom is -0.391 e. The van der Waals surface area contributed by atoms with Crippen LogP contribution in [0.25, 0.3) is 0 Å². The lowest BCUT2D eigenvalue weighted by Crippen LogP contribution is -2.57. The lowest BCUT2D eigenvalue weighted by molar-refractivity contribution is -0.158. The summed E-state index contributed by atoms with van der Waals surface area (Å²) in [5, 5.41) is 12.0. The number of carbonyl (C=O) groups is 1. The highest BCUT2D eigenvalue weighted by molar-refractivity contribution is 6.30. The Morgan fingerprint density at radius 3 is 2.42 bits per heavy atom. The van der Waals surface area contributed by atoms with E-state index < -0.39 is 11.5 Å². The van der Waals surface area contributed by atoms with Gasteiger partial charge < -0.3 is 10.0 Å². The molecule has 0 spiro atoms. The number of piperidine rings is 1. The molecule has 1 saturated heterocycles. The average Bonchev–Trinajstić information content (AvgIpc) is 2.72. The van der Waals surface area contributed by atoms with E-state index in [-0.39, 0.29) is 23.9 Å². The SMILES string of the molecule is C=CC[C@@]1(C)C[C@H](c2cccc(Cl)c2)[C@@H](c2ccc(Cl)cc2)N([C@@H](CC)[C@H](C)O)C1=O. The topological polar surface area (TPSA) is 40.5 Å². The normalized spacial score (nSPS) is 25.9. The third kappa shape index (κ3) is 4.84. The Labute approximate surface area is 195 Å². The highest BCUT2D eigenvalue weighted by Crippen LogP contribution is 2.52. The predicted octanol–water partition coefficient (Wildman–Crippen LogP) is 6.79. The van der Waals surface area contributed by atoms with E-state index in [1.165, 1.54) is 0 Å². The highest BCUT2D eigenvalue weighted by Gasteiger charge is 2.51. The molecule has 1 amide bonds. The van der Waals surface area contributed by atoms with Crippen molar-refractivity contribution >= 4 is 29.1 Å². The molecule has 1 heterocycles. The van der Waals surface area contributed by atoms with Gasteiger partial charge in [-0.15, -0.1) is 6.58 Å². The van der Waals surface area contributed by atoms with E-state index in [4.69, 9.17) is 23.2 Å². The molecule has 166 valence electrons. The molecule has 2 aromatic carbocycles. The molecular weight excluding hydrogens is 429 g/mol. The number of hydrogen-bond acceptors (Lipinski definition) is 2. The second-order valence-corrected chi connectivity index (χ2v) is 9.72. The van der Waals surface area contributed by atoms with Gasteiger partial charge >= 0.3 is 0 Å². The first-order valence-corrected chi connectivity index (χ1v) is 11.6. The van der Waals surface area contributed by atoms with Crippen molar-refractivity contribution in [3.8, 4) is 0 Å². The maximum atomic E-state index is 14.0. The summed E-state index contributed by atoms with van der Waals surface area (Å²) >= 11 is 12.5. The fourth-order valence-electron chi connectivity index (χ4n) is 5.02. The van der Waals surface area contributed by atoms with Crippen molar-refractivity contribution < 1.29 is 9.90 Å². The zero-order chi connectivity index (χ0) is 22.8. The van der Waals surface area contributed by atoms with E-state index in [1.54, 1.807) is 6.92 Å². The van der Waals surface area contributed by atoms with Gasteiger partial charge in [0.15, 0.2) is 0 Å². The number of aliphatic hydroxyl groups excluding tert-OH is 1. The first-order valence-electron chi connectivity index (χ1n) is 10.8. The maximum absolute atomic E-state index is 14.0. The predicted molar refractivity (Wildman–Crippen MR) is 129 cm³/mol. The smallest absolute Gasteiger partial charge is 0.229 e. The molecule has 1 N–H and O–H groups in total. The van der Waals surface area contributed by atoms with Gasteiger partial charge in [-0.2, -0.15) is 0 Å². The monoisotopic (exact) mass is 459 g/mol. The van der Waals surface area contributed by atoms with E-state index in [9.17, 15) is 9.90 Å². The Bertz CT molecular complexity index is 927. The number of benzene rings is 2. The number of carbonyl (C=O) groups excluding carboxylic acids is 1. The molecule has 2 aromatic rings. The van der Waals surface area contributed by atoms with Crippen molar-refractivity contribution in [2.45, 2.75) is 64.1 Å². The lowest BCUT2D eigenvalue weighted by Gasteiger charge is -2.52. The fourth-order valence-corrected chi connectivity index (χ4v) is 5.35. The number of rotatable bonds is 7. The molecule has 5 heteroatoms. The van der Waals surface area contributed by atoms with Crippen molar-refractivity contribution in [1.29, 1.82) is 0 Å². The minimum absolute atomic E-state index is 0.00956. The van der Waals surface area contributed by atoms with Crippen LogP contribution in [0, 0.1) is 5.41 Å². The minimum atomic E-state index is -0.658. The first-order chi connectivity index (χ1) is 14.7. The summed E-state index contributed by atoms with van der Waals surface area (Å²) in [4.78, 5) is 15.9. The number of amides is 1. The van der Waals surface area contributed by atoms with Gasteiger partial charge in [-0.3, -0.25) is 4.79 Å². The van der Waals surface area contributed by atoms with Gasteiger partial charge in [0, 0.05) is 16.0 Å². The van der Waals surface area contributed by atoms with Crippen molar-refractivity contribution in [3.05, 3.63) is 82.4 Å². The lowest BCUT2D eigenvalue weighted by atomic mass is 9.67. The molecule has 3 nitrogen and oxygen atoms in total. The van der Waals surface area contributed by atoms with E-state index >= 15 is 0 Å². The molecule has 31 heavy (non-hydrogen) atoms. The van der Waals surface area contributed by atoms with Gasteiger partial charge in [0.25, 0.3) is 0 Å². The zero-order valence-electron chi connectivity index (χ0n) is 18.4. The number of nitrogens with zero attached hydrogens (tertiary/aromatic N) is 1. The van der Waals surface area contributed by atoms with Crippen LogP contribution in [-0.4, -0.2) is 28.1 Å². The molecule has 0 bridgehead atoms. The van der Waals surface area contributed by atoms with Gasteiger partial charge in [0.05, 0.1) is 23.6 Å². The maximum Gasteiger partial charge on any atom is 0.229 e. The van der Waals surface area contributed by atoms with Crippen LogP contribution in [-0.2, 0) is 4.79 Å². The van der Waals surface area contributed by atoms with Crippen LogP contribution in [0.1, 0.15) is 63.1 Å². The van der Waals surface area contributed by atoms with Gasteiger partial charge in [0.2, 0.25) is 5.91 Å². The average molecular weight is 460 g/mol. The fraction of sp³-hybridized carbons (Fsp3) is 0.423. The number of halogens is 2. The molecule has 0 aliphatic carbocycles. The number of likely N-dealkylation sites (tertiary alicyclic amines) is 1. The van der Waals surface area contributed by atoms with E-state index in [1.807, 2.05) is 67.3 Å². The Hall–Kier alpha value is -1.81. The molecule has 1 aliphatic rings. The van der Waals surface area contributed by atoms with Crippen molar-refractivity contribution in [2.75, 3.05) is 0 Å². The largest absolute Gasteiger partial charge is 0.391 e. The molecule has 1 aliphatic heterocycles. The van der Waals surface area contributed by atoms with Crippen molar-refractivity contribution in [2.24, 2.45) is 5.41 Å². The summed E-state index contributed by atoms with van der Waals surface area (Å²) in [6.07, 6.45) is 3.05. The Morgan fingerprint density at radius 1 is 1.19 bits per heavy atom. The molecule has 5 atom stereocenters. The standard InChI is InChI=1S/C26H31Cl2NO2/c1-5-14-26(4)16-22(19-8-7-9-21(28)15-19)24(18-10-12-20(27)13-11-18)29(25(26)31)23(6-2)17(3)30/h5,7-13,15,17,22-24,30H,1,6,14,16H2,2-4H3/t17-,22+,23-,24+,26-/m0/s1. The number of hydrogen-bond donors (Lipinski definition) is 1. The van der Waals surface area contributed by atoms with Crippen LogP contribution in [0.3, 0.4) is 0 Å². The third-order valence-corrected chi connectivity index (χ3v) is 7.00. The summed E-state index contributed by atoms with van der Waals surface area (Å²) < 4.78 is 0. The van der Waals surface area contributed by atoms with E-state index in [0.717, 1.165) is 11.1 Å². The van der Waals surface area contributed by atoms with Gasteiger partial charge in [-0.1, -0.05) is 67.4 Å². The highest BCUT2D eigenvalue weighted by atomic mass is 35.5. The molecule has 0 unspecified atom stereocenters. The summed E-state index contributed by atoms with van der Waals surface area (Å²) in [5.41, 5.74) is 1.48. The van der Waals surface area contributed by atoms with Crippen LogP contribution in [0.2, 0.25) is 10.0 Å². The molecule has 0 aromatic heterocycles. The zero-order valence-corrected chi connectivity index (χ0v) is 19.9. The number of aliphatic hydroxyl groups is 1. The molecule has 1 fully saturated rings. The van der Waals surface area contributed by atoms with E-state index in [2.05, 4.69) is 12.6 Å². The summed E-state index contributed by atoms with van der Waals surface area (Å²) in [6.45, 7) is 9.68. The Kier molecular flexibility index (Phi) is 7.51. The van der Waals surface area contributed by atoms with Crippen LogP contribution >= 0.6 is 23.2 Å². The molecule has 3 rings (SSSR count). The van der Waals surface area contributed by atoms with Gasteiger partial charge in [-0.05, 0) is 61.6 Å². The molecule has 0 saturated carbocycles. The summed E-state index contributed by atoms with van der Waals surface area (Å²) in [5.74, 6) is 0.0636. The van der Waals surface area contributed by atoms with Crippen LogP contribution in [0.5, 0.6) is 0 Å². The second kappa shape index (κ2) is 9.77. The van der Waals surface area contributed by atoms with Crippen molar-refractivity contribution in [3.63, 3.8) is 0 Å². The second-order valence-electron chi connectivity index (χ2n) is 8.84. The van der Waals surface area contributed by atoms with Crippen LogP contribution in [0.4, 0.5) is 0 Å². The third-order valence-electron chi connectivity index (χ3n) is 6.52. The number of allylic oxidation sites excluding steroid dienone is 1. The summed E-state index contributed by atoms with van der Waals surface area (Å²) in [6, 6.07) is 15.0. The molecular formula is C26H31Cl2NO2. The summed E-state index contributed by atoms with van der Waals surface area (Å²) in [7, 11) is 0. The Morgan fingerprint density at radius 2 is 1.87 bits per heavy atom. The van der Waals surface area contributed by atoms with Gasteiger partial charge in [-0.25, -0.2) is 0 Å². The van der Waals surface area contributed by atoms with E-state index in [0.29, 0.717) is 29.3 Å². The van der Waals surface area contributed by atoms with Crippen LogP contribution < -0.4 is 0 Å². The van der Waals surface area contributed by atoms with Gasteiger partial charge in [0.1, 0.15) is 0 Å². The Balaban J connectivity index is 2.24. The first kappa shape index (κ1) is 23.8. The van der Waals surface area contributed by atoms with Crippen molar-refractivity contribution in [1.82, 2.24) is 4.90 Å². The molecule has 0 radical (unpaired) electrons. The quantitative estimate of drug-likeness (QED) is 0.462. The van der Waals surface area contributed by atoms with Crippen LogP contribution in [0.15, 0.2) is 61.2 Å².